The van der Waals surface area contributed by atoms with Crippen molar-refractivity contribution in [2.75, 3.05) is 0 Å². The average molecular weight is 611 g/mol. The molecule has 0 bridgehead atoms. The molecule has 7 aromatic rings. The zero-order valence-corrected chi connectivity index (χ0v) is 25.2. The SMILES string of the molecule is Cn1c2ccc(C3=CC=CC4=NSNC34)cc2c(=O)c2cc3c(cc21)c(=O)c1cc(-c2cccc4nsnc24)ccc1n3C. The normalized spacial score (nSPS) is 16.4. The van der Waals surface area contributed by atoms with Crippen LogP contribution in [0, 0.1) is 0 Å². The molecule has 1 aliphatic carbocycles. The van der Waals surface area contributed by atoms with Crippen LogP contribution in [0.2, 0.25) is 0 Å². The first-order valence-electron chi connectivity index (χ1n) is 14.1. The Morgan fingerprint density at radius 2 is 1.41 bits per heavy atom. The molecule has 8 nitrogen and oxygen atoms in total. The zero-order valence-electron chi connectivity index (χ0n) is 23.5. The molecule has 4 aromatic carbocycles. The van der Waals surface area contributed by atoms with Crippen molar-refractivity contribution in [3.8, 4) is 11.1 Å². The number of aryl methyl sites for hydroxylation is 2. The van der Waals surface area contributed by atoms with Crippen LogP contribution >= 0.6 is 23.9 Å². The molecule has 1 atom stereocenters. The van der Waals surface area contributed by atoms with Crippen molar-refractivity contribution in [3.63, 3.8) is 0 Å². The summed E-state index contributed by atoms with van der Waals surface area (Å²) in [6.45, 7) is 0. The number of allylic oxidation sites excluding steroid dienone is 2. The fourth-order valence-electron chi connectivity index (χ4n) is 6.66. The molecule has 0 saturated carbocycles. The summed E-state index contributed by atoms with van der Waals surface area (Å²) in [7, 11) is 3.89. The highest BCUT2D eigenvalue weighted by Gasteiger charge is 2.27. The molecule has 44 heavy (non-hydrogen) atoms. The fraction of sp³-hybridized carbons (Fsp3) is 0.0882. The van der Waals surface area contributed by atoms with Crippen molar-refractivity contribution in [1.29, 1.82) is 0 Å². The van der Waals surface area contributed by atoms with Crippen LogP contribution in [0.25, 0.3) is 71.3 Å². The highest BCUT2D eigenvalue weighted by atomic mass is 32.2. The summed E-state index contributed by atoms with van der Waals surface area (Å²) in [4.78, 5) is 28.2. The minimum absolute atomic E-state index is 0.00915. The third-order valence-electron chi connectivity index (χ3n) is 8.93. The van der Waals surface area contributed by atoms with E-state index in [0.717, 1.165) is 55.6 Å². The van der Waals surface area contributed by atoms with Crippen LogP contribution in [0.4, 0.5) is 0 Å². The van der Waals surface area contributed by atoms with E-state index in [1.165, 1.54) is 23.9 Å². The van der Waals surface area contributed by atoms with Gasteiger partial charge in [0.05, 0.1) is 57.7 Å². The quantitative estimate of drug-likeness (QED) is 0.183. The number of nitrogens with one attached hydrogen (secondary N) is 1. The highest BCUT2D eigenvalue weighted by molar-refractivity contribution is 7.96. The van der Waals surface area contributed by atoms with E-state index in [9.17, 15) is 9.59 Å². The van der Waals surface area contributed by atoms with E-state index in [4.69, 9.17) is 0 Å². The van der Waals surface area contributed by atoms with Gasteiger partial charge in [-0.15, -0.1) is 0 Å². The molecule has 3 aromatic heterocycles. The third-order valence-corrected chi connectivity index (χ3v) is 10.1. The van der Waals surface area contributed by atoms with Gasteiger partial charge in [-0.3, -0.25) is 9.59 Å². The zero-order chi connectivity index (χ0) is 29.7. The van der Waals surface area contributed by atoms with Gasteiger partial charge in [-0.2, -0.15) is 8.75 Å². The monoisotopic (exact) mass is 610 g/mol. The molecule has 1 aliphatic heterocycles. The highest BCUT2D eigenvalue weighted by Crippen LogP contribution is 2.33. The van der Waals surface area contributed by atoms with Crippen molar-refractivity contribution < 1.29 is 0 Å². The number of rotatable bonds is 2. The first-order valence-corrected chi connectivity index (χ1v) is 15.6. The molecule has 4 heterocycles. The van der Waals surface area contributed by atoms with Gasteiger partial charge < -0.3 is 9.13 Å². The van der Waals surface area contributed by atoms with Gasteiger partial charge >= 0.3 is 0 Å². The first kappa shape index (κ1) is 25.6. The lowest BCUT2D eigenvalue weighted by Crippen LogP contribution is -2.29. The summed E-state index contributed by atoms with van der Waals surface area (Å²) in [6, 6.07) is 21.6. The molecule has 212 valence electrons. The first-order chi connectivity index (χ1) is 21.5. The van der Waals surface area contributed by atoms with Crippen LogP contribution in [0.15, 0.2) is 98.9 Å². The Morgan fingerprint density at radius 3 is 2.14 bits per heavy atom. The number of aromatic nitrogens is 4. The van der Waals surface area contributed by atoms with Crippen LogP contribution < -0.4 is 15.6 Å². The topological polar surface area (TPSA) is 94.2 Å². The Kier molecular flexibility index (Phi) is 5.41. The van der Waals surface area contributed by atoms with Crippen molar-refractivity contribution >= 4 is 89.8 Å². The maximum Gasteiger partial charge on any atom is 0.197 e. The second kappa shape index (κ2) is 9.30. The smallest absolute Gasteiger partial charge is 0.197 e. The lowest BCUT2D eigenvalue weighted by atomic mass is 9.91. The Balaban J connectivity index is 1.27. The van der Waals surface area contributed by atoms with Gasteiger partial charge in [-0.1, -0.05) is 36.4 Å². The van der Waals surface area contributed by atoms with Gasteiger partial charge in [-0.25, -0.2) is 9.12 Å². The molecule has 10 heteroatoms. The van der Waals surface area contributed by atoms with E-state index in [2.05, 4.69) is 30.0 Å². The summed E-state index contributed by atoms with van der Waals surface area (Å²) >= 11 is 2.52. The maximum absolute atomic E-state index is 14.1. The van der Waals surface area contributed by atoms with Gasteiger partial charge in [0.2, 0.25) is 0 Å². The Labute approximate surface area is 258 Å². The molecular weight excluding hydrogens is 589 g/mol. The molecule has 1 unspecified atom stereocenters. The summed E-state index contributed by atoms with van der Waals surface area (Å²) in [5.41, 5.74) is 9.47. The second-order valence-electron chi connectivity index (χ2n) is 11.2. The molecule has 1 N–H and O–H groups in total. The van der Waals surface area contributed by atoms with Crippen molar-refractivity contribution in [1.82, 2.24) is 22.6 Å². The molecule has 0 fully saturated rings. The molecule has 0 amide bonds. The Hall–Kier alpha value is -4.90. The summed E-state index contributed by atoms with van der Waals surface area (Å²) in [6.07, 6.45) is 6.08. The van der Waals surface area contributed by atoms with Crippen molar-refractivity contribution in [2.45, 2.75) is 6.04 Å². The van der Waals surface area contributed by atoms with E-state index < -0.39 is 0 Å². The van der Waals surface area contributed by atoms with Crippen LogP contribution in [0.1, 0.15) is 5.56 Å². The second-order valence-corrected chi connectivity index (χ2v) is 12.3. The molecular formula is C34H22N6O2S2. The lowest BCUT2D eigenvalue weighted by molar-refractivity contribution is 0.993. The van der Waals surface area contributed by atoms with Crippen LogP contribution in [-0.4, -0.2) is 29.6 Å². The molecule has 0 radical (unpaired) electrons. The van der Waals surface area contributed by atoms with E-state index in [-0.39, 0.29) is 16.9 Å². The molecule has 0 spiro atoms. The number of benzene rings is 4. The van der Waals surface area contributed by atoms with Gasteiger partial charge in [-0.05, 0) is 65.2 Å². The maximum atomic E-state index is 14.1. The van der Waals surface area contributed by atoms with Crippen molar-refractivity contribution in [2.24, 2.45) is 18.5 Å². The number of fused-ring (bicyclic) bond motifs is 6. The van der Waals surface area contributed by atoms with Gasteiger partial charge in [0, 0.05) is 41.2 Å². The standard InChI is InChI=1S/C34H22N6O2S2/c1-39-27-11-9-17(19-5-3-7-25-31(19)37-43-35-25)13-21(27)33(41)23-16-30-24(15-29(23)39)34(42)22-14-18(10-12-28(22)40(30)2)20-6-4-8-26-32(20)38-44-36-26/h3-16,31,37H,1-2H3. The fourth-order valence-corrected chi connectivity index (χ4v) is 7.88. The molecule has 0 saturated heterocycles. The minimum atomic E-state index is -0.0694. The predicted molar refractivity (Wildman–Crippen MR) is 182 cm³/mol. The van der Waals surface area contributed by atoms with E-state index in [0.29, 0.717) is 27.1 Å². The lowest BCUT2D eigenvalue weighted by Gasteiger charge is -2.19. The van der Waals surface area contributed by atoms with Crippen LogP contribution in [0.3, 0.4) is 0 Å². The van der Waals surface area contributed by atoms with Crippen LogP contribution in [0.5, 0.6) is 0 Å². The summed E-state index contributed by atoms with van der Waals surface area (Å²) in [5.74, 6) is 0. The minimum Gasteiger partial charge on any atom is -0.343 e. The summed E-state index contributed by atoms with van der Waals surface area (Å²) < 4.78 is 20.7. The van der Waals surface area contributed by atoms with Gasteiger partial charge in [0.15, 0.2) is 10.9 Å². The van der Waals surface area contributed by atoms with Crippen LogP contribution in [-0.2, 0) is 14.1 Å². The van der Waals surface area contributed by atoms with E-state index in [1.54, 1.807) is 0 Å². The molecule has 9 rings (SSSR count). The largest absolute Gasteiger partial charge is 0.343 e. The number of nitrogens with zero attached hydrogens (tertiary/aromatic N) is 5. The Morgan fingerprint density at radius 1 is 0.750 bits per heavy atom. The number of hydrogen-bond acceptors (Lipinski definition) is 8. The predicted octanol–water partition coefficient (Wildman–Crippen LogP) is 6.30. The van der Waals surface area contributed by atoms with Crippen molar-refractivity contribution in [3.05, 3.63) is 111 Å². The number of pyridine rings is 2. The van der Waals surface area contributed by atoms with E-state index in [1.807, 2.05) is 96.0 Å². The third kappa shape index (κ3) is 3.53. The summed E-state index contributed by atoms with van der Waals surface area (Å²) in [5, 5.41) is 2.40. The molecule has 2 aliphatic rings. The Bertz CT molecular complexity index is 2640. The van der Waals surface area contributed by atoms with E-state index >= 15 is 0 Å². The average Bonchev–Trinajstić information content (AvgIpc) is 3.75. The van der Waals surface area contributed by atoms with Gasteiger partial charge in [0.25, 0.3) is 0 Å². The number of hydrogen-bond donors (Lipinski definition) is 1. The van der Waals surface area contributed by atoms with Gasteiger partial charge in [0.1, 0.15) is 11.0 Å².